The fourth-order valence-corrected chi connectivity index (χ4v) is 3.18. The molecule has 1 fully saturated rings. The number of urea groups is 1. The number of amides is 2. The highest BCUT2D eigenvalue weighted by molar-refractivity contribution is 5.82. The Morgan fingerprint density at radius 1 is 1.30 bits per heavy atom. The SMILES string of the molecule is N#Cc1c(N)nc(CCCN2CCNC2=O)c(C#N)c1-c1cccc(O)c1. The lowest BCUT2D eigenvalue weighted by molar-refractivity contribution is 0.217. The highest BCUT2D eigenvalue weighted by Crippen LogP contribution is 2.33. The van der Waals surface area contributed by atoms with Gasteiger partial charge in [-0.15, -0.1) is 0 Å². The van der Waals surface area contributed by atoms with Gasteiger partial charge in [-0.2, -0.15) is 10.5 Å². The molecule has 0 bridgehead atoms. The van der Waals surface area contributed by atoms with E-state index in [2.05, 4.69) is 16.4 Å². The molecule has 2 heterocycles. The van der Waals surface area contributed by atoms with E-state index in [4.69, 9.17) is 5.73 Å². The molecule has 0 radical (unpaired) electrons. The Balaban J connectivity index is 1.96. The second-order valence-corrected chi connectivity index (χ2v) is 6.17. The van der Waals surface area contributed by atoms with Crippen LogP contribution in [0.2, 0.25) is 0 Å². The summed E-state index contributed by atoms with van der Waals surface area (Å²) < 4.78 is 0. The topological polar surface area (TPSA) is 139 Å². The molecule has 2 amide bonds. The lowest BCUT2D eigenvalue weighted by atomic mass is 9.93. The average molecular weight is 362 g/mol. The number of hydrogen-bond donors (Lipinski definition) is 3. The third-order valence-electron chi connectivity index (χ3n) is 4.45. The number of carbonyl (C=O) groups excluding carboxylic acids is 1. The van der Waals surface area contributed by atoms with Gasteiger partial charge in [-0.1, -0.05) is 12.1 Å². The van der Waals surface area contributed by atoms with Crippen molar-refractivity contribution >= 4 is 11.8 Å². The minimum absolute atomic E-state index is 0.0252. The summed E-state index contributed by atoms with van der Waals surface area (Å²) in [5.74, 6) is 0.0704. The van der Waals surface area contributed by atoms with Crippen LogP contribution in [0.5, 0.6) is 5.75 Å². The smallest absolute Gasteiger partial charge is 0.317 e. The molecule has 0 atom stereocenters. The van der Waals surface area contributed by atoms with Gasteiger partial charge in [-0.05, 0) is 30.5 Å². The number of nitrogens with two attached hydrogens (primary N) is 1. The normalized spacial score (nSPS) is 13.1. The summed E-state index contributed by atoms with van der Waals surface area (Å²) in [6.45, 7) is 1.83. The molecular weight excluding hydrogens is 344 g/mol. The molecule has 4 N–H and O–H groups in total. The first-order chi connectivity index (χ1) is 13.0. The molecule has 0 aliphatic carbocycles. The molecule has 1 aromatic heterocycles. The number of anilines is 1. The molecule has 1 saturated heterocycles. The van der Waals surface area contributed by atoms with E-state index in [9.17, 15) is 20.4 Å². The molecule has 1 aliphatic heterocycles. The number of hydrogen-bond acceptors (Lipinski definition) is 6. The van der Waals surface area contributed by atoms with Crippen LogP contribution in [0.4, 0.5) is 10.6 Å². The van der Waals surface area contributed by atoms with Crippen molar-refractivity contribution < 1.29 is 9.90 Å². The fourth-order valence-electron chi connectivity index (χ4n) is 3.18. The van der Waals surface area contributed by atoms with Crippen molar-refractivity contribution in [3.8, 4) is 29.0 Å². The Bertz CT molecular complexity index is 973. The Hall–Kier alpha value is -3.78. The summed E-state index contributed by atoms with van der Waals surface area (Å²) in [4.78, 5) is 17.6. The number of aromatic nitrogens is 1. The van der Waals surface area contributed by atoms with E-state index >= 15 is 0 Å². The van der Waals surface area contributed by atoms with E-state index in [0.29, 0.717) is 49.3 Å². The molecular formula is C19H18N6O2. The standard InChI is InChI=1S/C19H18N6O2/c20-10-14-16(5-2-7-25-8-6-23-19(25)27)24-18(22)15(11-21)17(14)12-3-1-4-13(26)9-12/h1,3-4,9,26H,2,5-8H2,(H2,22,24)(H,23,27). The average Bonchev–Trinajstić information content (AvgIpc) is 3.06. The van der Waals surface area contributed by atoms with Crippen LogP contribution in [0.25, 0.3) is 11.1 Å². The van der Waals surface area contributed by atoms with E-state index in [1.807, 2.05) is 6.07 Å². The molecule has 3 rings (SSSR count). The van der Waals surface area contributed by atoms with Crippen LogP contribution < -0.4 is 11.1 Å². The van der Waals surface area contributed by atoms with Crippen LogP contribution in [0.15, 0.2) is 24.3 Å². The number of aromatic hydroxyl groups is 1. The van der Waals surface area contributed by atoms with Crippen molar-refractivity contribution in [1.29, 1.82) is 10.5 Å². The summed E-state index contributed by atoms with van der Waals surface area (Å²) >= 11 is 0. The number of nitrogens with one attached hydrogen (secondary N) is 1. The van der Waals surface area contributed by atoms with Gasteiger partial charge in [-0.3, -0.25) is 0 Å². The molecule has 8 nitrogen and oxygen atoms in total. The summed E-state index contributed by atoms with van der Waals surface area (Å²) in [5, 5.41) is 31.7. The van der Waals surface area contributed by atoms with Gasteiger partial charge in [0.2, 0.25) is 0 Å². The number of phenols is 1. The van der Waals surface area contributed by atoms with Crippen LogP contribution in [-0.4, -0.2) is 40.7 Å². The van der Waals surface area contributed by atoms with Crippen LogP contribution in [0.1, 0.15) is 23.2 Å². The van der Waals surface area contributed by atoms with E-state index < -0.39 is 0 Å². The van der Waals surface area contributed by atoms with Gasteiger partial charge in [-0.25, -0.2) is 9.78 Å². The number of rotatable bonds is 5. The minimum Gasteiger partial charge on any atom is -0.508 e. The number of phenolic OH excluding ortho intramolecular Hbond substituents is 1. The Morgan fingerprint density at radius 2 is 2.07 bits per heavy atom. The van der Waals surface area contributed by atoms with Crippen LogP contribution in [0.3, 0.4) is 0 Å². The minimum atomic E-state index is -0.0942. The molecule has 2 aromatic rings. The molecule has 0 unspecified atom stereocenters. The summed E-state index contributed by atoms with van der Waals surface area (Å²) in [7, 11) is 0. The van der Waals surface area contributed by atoms with Crippen molar-refractivity contribution in [3.63, 3.8) is 0 Å². The number of benzene rings is 1. The van der Waals surface area contributed by atoms with E-state index in [1.54, 1.807) is 17.0 Å². The van der Waals surface area contributed by atoms with Gasteiger partial charge in [0.1, 0.15) is 29.3 Å². The van der Waals surface area contributed by atoms with Crippen molar-refractivity contribution in [2.24, 2.45) is 0 Å². The van der Waals surface area contributed by atoms with Gasteiger partial charge in [0.05, 0.1) is 11.3 Å². The summed E-state index contributed by atoms with van der Waals surface area (Å²) in [6.07, 6.45) is 1.05. The zero-order chi connectivity index (χ0) is 19.4. The fraction of sp³-hybridized carbons (Fsp3) is 0.263. The number of nitrogen functional groups attached to an aromatic ring is 1. The van der Waals surface area contributed by atoms with Crippen molar-refractivity contribution in [3.05, 3.63) is 41.1 Å². The zero-order valence-corrected chi connectivity index (χ0v) is 14.6. The maximum Gasteiger partial charge on any atom is 0.317 e. The van der Waals surface area contributed by atoms with E-state index in [1.165, 1.54) is 12.1 Å². The van der Waals surface area contributed by atoms with Crippen molar-refractivity contribution in [1.82, 2.24) is 15.2 Å². The molecule has 136 valence electrons. The lowest BCUT2D eigenvalue weighted by Gasteiger charge is -2.16. The van der Waals surface area contributed by atoms with Crippen LogP contribution >= 0.6 is 0 Å². The molecule has 0 saturated carbocycles. The van der Waals surface area contributed by atoms with Gasteiger partial charge < -0.3 is 21.1 Å². The van der Waals surface area contributed by atoms with Crippen LogP contribution in [0, 0.1) is 22.7 Å². The predicted octanol–water partition coefficient (Wildman–Crippen LogP) is 1.74. The first-order valence-electron chi connectivity index (χ1n) is 8.50. The van der Waals surface area contributed by atoms with Gasteiger partial charge >= 0.3 is 6.03 Å². The second kappa shape index (κ2) is 7.63. The highest BCUT2D eigenvalue weighted by Gasteiger charge is 2.22. The summed E-state index contributed by atoms with van der Waals surface area (Å²) in [6, 6.07) is 10.4. The number of nitriles is 2. The first-order valence-corrected chi connectivity index (χ1v) is 8.50. The van der Waals surface area contributed by atoms with Gasteiger partial charge in [0.15, 0.2) is 0 Å². The third-order valence-corrected chi connectivity index (χ3v) is 4.45. The Morgan fingerprint density at radius 3 is 2.70 bits per heavy atom. The van der Waals surface area contributed by atoms with Crippen molar-refractivity contribution in [2.45, 2.75) is 12.8 Å². The molecule has 1 aliphatic rings. The largest absolute Gasteiger partial charge is 0.508 e. The molecule has 1 aromatic carbocycles. The Kier molecular flexibility index (Phi) is 5.09. The first kappa shape index (κ1) is 18.0. The second-order valence-electron chi connectivity index (χ2n) is 6.17. The molecule has 8 heteroatoms. The maximum atomic E-state index is 11.6. The van der Waals surface area contributed by atoms with E-state index in [0.717, 1.165) is 0 Å². The quantitative estimate of drug-likeness (QED) is 0.740. The van der Waals surface area contributed by atoms with Gasteiger partial charge in [0, 0.05) is 25.2 Å². The predicted molar refractivity (Wildman–Crippen MR) is 98.5 cm³/mol. The number of carbonyl (C=O) groups is 1. The monoisotopic (exact) mass is 362 g/mol. The molecule has 0 spiro atoms. The zero-order valence-electron chi connectivity index (χ0n) is 14.6. The van der Waals surface area contributed by atoms with Crippen molar-refractivity contribution in [2.75, 3.05) is 25.4 Å². The van der Waals surface area contributed by atoms with Gasteiger partial charge in [0.25, 0.3) is 0 Å². The maximum absolute atomic E-state index is 11.6. The van der Waals surface area contributed by atoms with Crippen LogP contribution in [-0.2, 0) is 6.42 Å². The number of nitrogens with zero attached hydrogens (tertiary/aromatic N) is 4. The summed E-state index contributed by atoms with van der Waals surface area (Å²) in [5.41, 5.74) is 7.72. The molecule has 27 heavy (non-hydrogen) atoms. The van der Waals surface area contributed by atoms with E-state index in [-0.39, 0.29) is 28.7 Å². The highest BCUT2D eigenvalue weighted by atomic mass is 16.3. The Labute approximate surface area is 156 Å². The number of pyridine rings is 1. The lowest BCUT2D eigenvalue weighted by Crippen LogP contribution is -2.29. The third kappa shape index (κ3) is 3.60. The number of aryl methyl sites for hydroxylation is 1.